The van der Waals surface area contributed by atoms with Crippen LogP contribution >= 0.6 is 0 Å². The van der Waals surface area contributed by atoms with Crippen molar-refractivity contribution in [3.05, 3.63) is 0 Å². The smallest absolute Gasteiger partial charge is 0.308 e. The first kappa shape index (κ1) is 15.9. The molecule has 1 heterocycles. The molecule has 1 aliphatic heterocycles. The van der Waals surface area contributed by atoms with E-state index >= 15 is 0 Å². The minimum Gasteiger partial charge on any atom is -0.444 e. The molecule has 1 saturated heterocycles. The van der Waals surface area contributed by atoms with E-state index in [1.807, 2.05) is 13.8 Å². The Morgan fingerprint density at radius 2 is 1.74 bits per heavy atom. The summed E-state index contributed by atoms with van der Waals surface area (Å²) in [5.41, 5.74) is 0. The molecule has 19 heavy (non-hydrogen) atoms. The van der Waals surface area contributed by atoms with E-state index in [0.29, 0.717) is 19.4 Å². The lowest BCUT2D eigenvalue weighted by molar-refractivity contribution is -0.225. The summed E-state index contributed by atoms with van der Waals surface area (Å²) >= 11 is 0. The van der Waals surface area contributed by atoms with E-state index in [-0.39, 0.29) is 18.0 Å². The van der Waals surface area contributed by atoms with Crippen LogP contribution in [0.25, 0.3) is 0 Å². The SMILES string of the molecule is CCCC(=O)OC1CNC(OC(=O)CCC)[C@H](C)O1. The summed E-state index contributed by atoms with van der Waals surface area (Å²) in [4.78, 5) is 22.7. The molecule has 0 aliphatic carbocycles. The van der Waals surface area contributed by atoms with E-state index in [0.717, 1.165) is 12.8 Å². The van der Waals surface area contributed by atoms with Crippen molar-refractivity contribution in [2.24, 2.45) is 0 Å². The molecular weight excluding hydrogens is 250 g/mol. The van der Waals surface area contributed by atoms with Crippen LogP contribution in [-0.2, 0) is 23.8 Å². The molecule has 3 atom stereocenters. The zero-order valence-corrected chi connectivity index (χ0v) is 11.8. The Morgan fingerprint density at radius 3 is 2.26 bits per heavy atom. The molecule has 6 nitrogen and oxygen atoms in total. The summed E-state index contributed by atoms with van der Waals surface area (Å²) in [6.45, 7) is 5.92. The Bertz CT molecular complexity index is 307. The molecule has 6 heteroatoms. The molecular formula is C13H23NO5. The van der Waals surface area contributed by atoms with Crippen LogP contribution < -0.4 is 5.32 Å². The van der Waals surface area contributed by atoms with Crippen molar-refractivity contribution in [3.63, 3.8) is 0 Å². The van der Waals surface area contributed by atoms with Crippen LogP contribution in [0.15, 0.2) is 0 Å². The van der Waals surface area contributed by atoms with Gasteiger partial charge in [0.15, 0.2) is 6.23 Å². The van der Waals surface area contributed by atoms with Gasteiger partial charge >= 0.3 is 11.9 Å². The average Bonchev–Trinajstić information content (AvgIpc) is 2.33. The second kappa shape index (κ2) is 8.12. The van der Waals surface area contributed by atoms with Crippen molar-refractivity contribution in [2.75, 3.05) is 6.54 Å². The number of ether oxygens (including phenoxy) is 3. The normalized spacial score (nSPS) is 26.8. The number of hydrogen-bond acceptors (Lipinski definition) is 6. The molecule has 1 rings (SSSR count). The van der Waals surface area contributed by atoms with Gasteiger partial charge in [0.05, 0.1) is 6.54 Å². The minimum atomic E-state index is -0.616. The van der Waals surface area contributed by atoms with Crippen molar-refractivity contribution in [2.45, 2.75) is 65.1 Å². The first-order valence-electron chi connectivity index (χ1n) is 6.84. The fourth-order valence-electron chi connectivity index (χ4n) is 1.76. The molecule has 0 radical (unpaired) electrons. The van der Waals surface area contributed by atoms with Gasteiger partial charge in [-0.15, -0.1) is 0 Å². The highest BCUT2D eigenvalue weighted by Gasteiger charge is 2.32. The summed E-state index contributed by atoms with van der Waals surface area (Å²) in [5.74, 6) is -0.528. The molecule has 0 saturated carbocycles. The van der Waals surface area contributed by atoms with E-state index in [4.69, 9.17) is 14.2 Å². The molecule has 0 spiro atoms. The quantitative estimate of drug-likeness (QED) is 0.736. The monoisotopic (exact) mass is 273 g/mol. The van der Waals surface area contributed by atoms with Gasteiger partial charge in [0.2, 0.25) is 6.29 Å². The largest absolute Gasteiger partial charge is 0.444 e. The summed E-state index contributed by atoms with van der Waals surface area (Å²) in [6, 6.07) is 0. The van der Waals surface area contributed by atoms with Crippen molar-refractivity contribution in [1.82, 2.24) is 5.32 Å². The maximum atomic E-state index is 11.4. The summed E-state index contributed by atoms with van der Waals surface area (Å²) in [7, 11) is 0. The molecule has 1 aliphatic rings. The van der Waals surface area contributed by atoms with Gasteiger partial charge in [-0.25, -0.2) is 0 Å². The predicted octanol–water partition coefficient (Wildman–Crippen LogP) is 1.33. The van der Waals surface area contributed by atoms with Crippen LogP contribution in [0.1, 0.15) is 46.5 Å². The molecule has 0 amide bonds. The maximum Gasteiger partial charge on any atom is 0.308 e. The Labute approximate surface area is 113 Å². The zero-order valence-electron chi connectivity index (χ0n) is 11.8. The first-order valence-corrected chi connectivity index (χ1v) is 6.84. The van der Waals surface area contributed by atoms with Crippen LogP contribution in [0.4, 0.5) is 0 Å². The zero-order chi connectivity index (χ0) is 14.3. The first-order chi connectivity index (χ1) is 9.06. The second-order valence-corrected chi connectivity index (χ2v) is 4.58. The molecule has 0 bridgehead atoms. The van der Waals surface area contributed by atoms with Crippen molar-refractivity contribution in [3.8, 4) is 0 Å². The number of esters is 2. The van der Waals surface area contributed by atoms with Gasteiger partial charge < -0.3 is 14.2 Å². The molecule has 1 fully saturated rings. The Hall–Kier alpha value is -1.14. The fraction of sp³-hybridized carbons (Fsp3) is 0.846. The highest BCUT2D eigenvalue weighted by molar-refractivity contribution is 5.69. The molecule has 0 aromatic rings. The predicted molar refractivity (Wildman–Crippen MR) is 68.1 cm³/mol. The number of rotatable bonds is 6. The van der Waals surface area contributed by atoms with E-state index in [1.54, 1.807) is 6.92 Å². The number of carbonyl (C=O) groups is 2. The molecule has 2 unspecified atom stereocenters. The Balaban J connectivity index is 2.34. The van der Waals surface area contributed by atoms with Gasteiger partial charge in [-0.05, 0) is 19.8 Å². The van der Waals surface area contributed by atoms with Crippen molar-refractivity contribution >= 4 is 11.9 Å². The van der Waals surface area contributed by atoms with E-state index in [2.05, 4.69) is 5.32 Å². The van der Waals surface area contributed by atoms with Crippen LogP contribution in [0.2, 0.25) is 0 Å². The summed E-state index contributed by atoms with van der Waals surface area (Å²) < 4.78 is 15.9. The number of morpholine rings is 1. The van der Waals surface area contributed by atoms with Crippen LogP contribution in [0.5, 0.6) is 0 Å². The molecule has 0 aromatic carbocycles. The van der Waals surface area contributed by atoms with Gasteiger partial charge in [-0.2, -0.15) is 0 Å². The lowest BCUT2D eigenvalue weighted by atomic mass is 10.3. The van der Waals surface area contributed by atoms with Gasteiger partial charge in [0.1, 0.15) is 6.10 Å². The van der Waals surface area contributed by atoms with E-state index in [9.17, 15) is 9.59 Å². The third-order valence-electron chi connectivity index (χ3n) is 2.71. The lowest BCUT2D eigenvalue weighted by Crippen LogP contribution is -2.54. The van der Waals surface area contributed by atoms with Gasteiger partial charge in [0, 0.05) is 12.8 Å². The molecule has 1 N–H and O–H groups in total. The Kier molecular flexibility index (Phi) is 6.80. The second-order valence-electron chi connectivity index (χ2n) is 4.58. The van der Waals surface area contributed by atoms with Crippen molar-refractivity contribution < 1.29 is 23.8 Å². The third-order valence-corrected chi connectivity index (χ3v) is 2.71. The van der Waals surface area contributed by atoms with E-state index in [1.165, 1.54) is 0 Å². The summed E-state index contributed by atoms with van der Waals surface area (Å²) in [6.07, 6.45) is 0.802. The Morgan fingerprint density at radius 1 is 1.16 bits per heavy atom. The van der Waals surface area contributed by atoms with Gasteiger partial charge in [-0.3, -0.25) is 14.9 Å². The number of nitrogens with one attached hydrogen (secondary N) is 1. The number of hydrogen-bond donors (Lipinski definition) is 1. The minimum absolute atomic E-state index is 0.253. The van der Waals surface area contributed by atoms with Gasteiger partial charge in [0.25, 0.3) is 0 Å². The molecule has 110 valence electrons. The van der Waals surface area contributed by atoms with Gasteiger partial charge in [-0.1, -0.05) is 13.8 Å². The maximum absolute atomic E-state index is 11.4. The van der Waals surface area contributed by atoms with Crippen molar-refractivity contribution in [1.29, 1.82) is 0 Å². The highest BCUT2D eigenvalue weighted by atomic mass is 16.7. The highest BCUT2D eigenvalue weighted by Crippen LogP contribution is 2.13. The fourth-order valence-corrected chi connectivity index (χ4v) is 1.76. The standard InChI is InChI=1S/C13H23NO5/c1-4-6-10(15)18-12-8-14-13(9(3)17-12)19-11(16)7-5-2/h9,12-14H,4-8H2,1-3H3/t9-,12?,13?/m0/s1. The van der Waals surface area contributed by atoms with E-state index < -0.39 is 12.5 Å². The number of carbonyl (C=O) groups excluding carboxylic acids is 2. The summed E-state index contributed by atoms with van der Waals surface area (Å²) in [5, 5.41) is 3.01. The topological polar surface area (TPSA) is 73.9 Å². The average molecular weight is 273 g/mol. The third kappa shape index (κ3) is 5.57. The van der Waals surface area contributed by atoms with Crippen LogP contribution in [-0.4, -0.2) is 37.1 Å². The van der Waals surface area contributed by atoms with Crippen LogP contribution in [0.3, 0.4) is 0 Å². The lowest BCUT2D eigenvalue weighted by Gasteiger charge is -2.34. The van der Waals surface area contributed by atoms with Crippen LogP contribution in [0, 0.1) is 0 Å². The molecule has 0 aromatic heterocycles.